The maximum absolute atomic E-state index is 4.54. The van der Waals surface area contributed by atoms with Crippen LogP contribution in [0.2, 0.25) is 0 Å². The lowest BCUT2D eigenvalue weighted by atomic mass is 10.4. The first-order valence-corrected chi connectivity index (χ1v) is 3.00. The molecule has 2 aromatic heterocycles. The lowest BCUT2D eigenvalue weighted by molar-refractivity contribution is 0.393. The van der Waals surface area contributed by atoms with Crippen LogP contribution in [0.5, 0.6) is 0 Å². The Morgan fingerprint density at radius 1 is 1.18 bits per heavy atom. The van der Waals surface area contributed by atoms with E-state index in [2.05, 4.69) is 24.9 Å². The first-order chi connectivity index (χ1) is 5.47. The first-order valence-electron chi connectivity index (χ1n) is 3.00. The molecule has 0 N–H and O–H groups in total. The highest BCUT2D eigenvalue weighted by Gasteiger charge is 2.01. The van der Waals surface area contributed by atoms with Crippen LogP contribution >= 0.6 is 0 Å². The third kappa shape index (κ3) is 1.07. The second-order valence-corrected chi connectivity index (χ2v) is 1.88. The average molecular weight is 148 g/mol. The third-order valence-corrected chi connectivity index (χ3v) is 1.19. The Labute approximate surface area is 62.1 Å². The fraction of sp³-hybridized carbons (Fsp3) is 0. The summed E-state index contributed by atoms with van der Waals surface area (Å²) in [5, 5.41) is 6.97. The zero-order chi connectivity index (χ0) is 7.52. The standard InChI is InChI=1S/C6H4N4O/c1-2-8-5(3-7-1)6-4-11-10-9-6/h1-4H. The Hall–Kier alpha value is -1.78. The molecule has 0 aliphatic carbocycles. The monoisotopic (exact) mass is 148 g/mol. The van der Waals surface area contributed by atoms with Crippen LogP contribution < -0.4 is 0 Å². The van der Waals surface area contributed by atoms with Crippen molar-refractivity contribution >= 4 is 0 Å². The van der Waals surface area contributed by atoms with Crippen LogP contribution in [0.4, 0.5) is 0 Å². The number of hydrogen-bond acceptors (Lipinski definition) is 5. The van der Waals surface area contributed by atoms with Crippen molar-refractivity contribution in [3.8, 4) is 11.4 Å². The smallest absolute Gasteiger partial charge is 0.154 e. The number of nitrogens with zero attached hydrogens (tertiary/aromatic N) is 4. The largest absolute Gasteiger partial charge is 0.345 e. The quantitative estimate of drug-likeness (QED) is 0.590. The second-order valence-electron chi connectivity index (χ2n) is 1.88. The summed E-state index contributed by atoms with van der Waals surface area (Å²) in [6.45, 7) is 0. The molecule has 0 spiro atoms. The van der Waals surface area contributed by atoms with Gasteiger partial charge in [0.2, 0.25) is 0 Å². The van der Waals surface area contributed by atoms with Gasteiger partial charge in [-0.2, -0.15) is 0 Å². The fourth-order valence-electron chi connectivity index (χ4n) is 0.708. The molecule has 0 aliphatic rings. The van der Waals surface area contributed by atoms with E-state index in [0.29, 0.717) is 11.4 Å². The molecule has 0 atom stereocenters. The molecular weight excluding hydrogens is 144 g/mol. The van der Waals surface area contributed by atoms with Crippen molar-refractivity contribution in [2.24, 2.45) is 0 Å². The van der Waals surface area contributed by atoms with Crippen LogP contribution in [-0.2, 0) is 0 Å². The Balaban J connectivity index is 2.46. The molecule has 5 nitrogen and oxygen atoms in total. The molecule has 0 fully saturated rings. The summed E-state index contributed by atoms with van der Waals surface area (Å²) >= 11 is 0. The SMILES string of the molecule is c1cnc(-c2conn2)cn1. The first kappa shape index (κ1) is 5.96. The van der Waals surface area contributed by atoms with E-state index in [0.717, 1.165) is 0 Å². The molecule has 54 valence electrons. The molecular formula is C6H4N4O. The summed E-state index contributed by atoms with van der Waals surface area (Å²) in [4.78, 5) is 7.86. The molecule has 5 heteroatoms. The van der Waals surface area contributed by atoms with Crippen molar-refractivity contribution in [3.63, 3.8) is 0 Å². The summed E-state index contributed by atoms with van der Waals surface area (Å²) in [7, 11) is 0. The Morgan fingerprint density at radius 2 is 2.18 bits per heavy atom. The van der Waals surface area contributed by atoms with Crippen molar-refractivity contribution in [2.45, 2.75) is 0 Å². The normalized spacial score (nSPS) is 9.82. The number of rotatable bonds is 1. The molecule has 0 saturated heterocycles. The van der Waals surface area contributed by atoms with Crippen LogP contribution in [0, 0.1) is 0 Å². The van der Waals surface area contributed by atoms with Gasteiger partial charge in [0.05, 0.1) is 6.20 Å². The number of aromatic nitrogens is 4. The summed E-state index contributed by atoms with van der Waals surface area (Å²) < 4.78 is 4.54. The molecule has 0 bridgehead atoms. The zero-order valence-electron chi connectivity index (χ0n) is 5.51. The van der Waals surface area contributed by atoms with E-state index in [4.69, 9.17) is 0 Å². The molecule has 0 aliphatic heterocycles. The van der Waals surface area contributed by atoms with Crippen molar-refractivity contribution in [1.29, 1.82) is 0 Å². The van der Waals surface area contributed by atoms with Crippen LogP contribution in [0.1, 0.15) is 0 Å². The van der Waals surface area contributed by atoms with Gasteiger partial charge in [0.25, 0.3) is 0 Å². The molecule has 11 heavy (non-hydrogen) atoms. The Morgan fingerprint density at radius 3 is 2.82 bits per heavy atom. The van der Waals surface area contributed by atoms with Gasteiger partial charge in [-0.15, -0.1) is 5.10 Å². The van der Waals surface area contributed by atoms with E-state index in [1.165, 1.54) is 6.26 Å². The van der Waals surface area contributed by atoms with Gasteiger partial charge in [-0.3, -0.25) is 9.97 Å². The highest BCUT2D eigenvalue weighted by atomic mass is 16.5. The molecule has 2 rings (SSSR count). The van der Waals surface area contributed by atoms with Gasteiger partial charge in [-0.1, -0.05) is 0 Å². The highest BCUT2D eigenvalue weighted by Crippen LogP contribution is 2.08. The van der Waals surface area contributed by atoms with Crippen molar-refractivity contribution in [3.05, 3.63) is 24.9 Å². The molecule has 0 aromatic carbocycles. The Kier molecular flexibility index (Phi) is 1.33. The predicted octanol–water partition coefficient (Wildman–Crippen LogP) is 0.527. The van der Waals surface area contributed by atoms with E-state index in [9.17, 15) is 0 Å². The molecule has 0 amide bonds. The third-order valence-electron chi connectivity index (χ3n) is 1.19. The molecule has 0 unspecified atom stereocenters. The maximum atomic E-state index is 4.54. The minimum atomic E-state index is 0.595. The van der Waals surface area contributed by atoms with Gasteiger partial charge >= 0.3 is 0 Å². The van der Waals surface area contributed by atoms with Crippen LogP contribution in [0.15, 0.2) is 29.4 Å². The van der Waals surface area contributed by atoms with E-state index in [-0.39, 0.29) is 0 Å². The lowest BCUT2D eigenvalue weighted by Gasteiger charge is -1.88. The van der Waals surface area contributed by atoms with Gasteiger partial charge in [0, 0.05) is 17.7 Å². The highest BCUT2D eigenvalue weighted by molar-refractivity contribution is 5.48. The van der Waals surface area contributed by atoms with Gasteiger partial charge in [0.15, 0.2) is 12.0 Å². The van der Waals surface area contributed by atoms with Crippen molar-refractivity contribution in [1.82, 2.24) is 20.3 Å². The summed E-state index contributed by atoms with van der Waals surface area (Å²) in [6, 6.07) is 0. The molecule has 0 radical (unpaired) electrons. The number of hydrogen-bond donors (Lipinski definition) is 0. The Bertz CT molecular complexity index is 318. The summed E-state index contributed by atoms with van der Waals surface area (Å²) in [6.07, 6.45) is 6.20. The summed E-state index contributed by atoms with van der Waals surface area (Å²) in [5.41, 5.74) is 1.26. The lowest BCUT2D eigenvalue weighted by Crippen LogP contribution is -1.83. The average Bonchev–Trinajstić information content (AvgIpc) is 2.58. The van der Waals surface area contributed by atoms with Crippen molar-refractivity contribution < 1.29 is 4.52 Å². The van der Waals surface area contributed by atoms with Gasteiger partial charge in [-0.25, -0.2) is 0 Å². The maximum Gasteiger partial charge on any atom is 0.154 e. The molecule has 0 saturated carbocycles. The fourth-order valence-corrected chi connectivity index (χ4v) is 0.708. The topological polar surface area (TPSA) is 64.7 Å². The molecule has 2 aromatic rings. The van der Waals surface area contributed by atoms with Gasteiger partial charge in [-0.05, 0) is 0 Å². The minimum Gasteiger partial charge on any atom is -0.345 e. The van der Waals surface area contributed by atoms with Gasteiger partial charge in [0.1, 0.15) is 5.69 Å². The van der Waals surface area contributed by atoms with E-state index < -0.39 is 0 Å². The van der Waals surface area contributed by atoms with Crippen molar-refractivity contribution in [2.75, 3.05) is 0 Å². The molecule has 2 heterocycles. The second kappa shape index (κ2) is 2.45. The van der Waals surface area contributed by atoms with E-state index in [1.54, 1.807) is 18.6 Å². The van der Waals surface area contributed by atoms with E-state index >= 15 is 0 Å². The predicted molar refractivity (Wildman–Crippen MR) is 35.3 cm³/mol. The van der Waals surface area contributed by atoms with E-state index in [1.807, 2.05) is 0 Å². The van der Waals surface area contributed by atoms with Crippen LogP contribution in [0.25, 0.3) is 11.4 Å². The van der Waals surface area contributed by atoms with Crippen LogP contribution in [0.3, 0.4) is 0 Å². The summed E-state index contributed by atoms with van der Waals surface area (Å²) in [5.74, 6) is 0. The van der Waals surface area contributed by atoms with Gasteiger partial charge < -0.3 is 4.52 Å². The minimum absolute atomic E-state index is 0.595. The zero-order valence-corrected chi connectivity index (χ0v) is 5.51. The van der Waals surface area contributed by atoms with Crippen LogP contribution in [-0.4, -0.2) is 20.3 Å².